The maximum Gasteiger partial charge on any atom is 0.305 e. The number of esters is 1. The van der Waals surface area contributed by atoms with E-state index in [9.17, 15) is 19.2 Å². The van der Waals surface area contributed by atoms with Crippen molar-refractivity contribution in [2.45, 2.75) is 64.7 Å². The highest BCUT2D eigenvalue weighted by Gasteiger charge is 2.43. The van der Waals surface area contributed by atoms with Crippen molar-refractivity contribution in [3.05, 3.63) is 0 Å². The maximum absolute atomic E-state index is 12.3. The normalized spacial score (nSPS) is 23.2. The Hall–Kier alpha value is -1.72. The Morgan fingerprint density at radius 2 is 1.75 bits per heavy atom. The highest BCUT2D eigenvalue weighted by Crippen LogP contribution is 2.41. The lowest BCUT2D eigenvalue weighted by Crippen LogP contribution is -2.23. The van der Waals surface area contributed by atoms with Crippen molar-refractivity contribution < 1.29 is 29.0 Å². The number of carboxylic acid groups (broad SMARTS) is 1. The van der Waals surface area contributed by atoms with Crippen LogP contribution in [0.4, 0.5) is 0 Å². The van der Waals surface area contributed by atoms with Crippen LogP contribution in [0.15, 0.2) is 0 Å². The molecule has 1 aliphatic carbocycles. The second kappa shape index (κ2) is 10.2. The number of hydrogen-bond donors (Lipinski definition) is 1. The number of methoxy groups -OCH3 is 1. The molecule has 0 bridgehead atoms. The van der Waals surface area contributed by atoms with Gasteiger partial charge in [0.15, 0.2) is 0 Å². The minimum absolute atomic E-state index is 0.0159. The van der Waals surface area contributed by atoms with E-state index in [1.54, 1.807) is 0 Å². The summed E-state index contributed by atoms with van der Waals surface area (Å²) in [6.07, 6.45) is 5.11. The van der Waals surface area contributed by atoms with E-state index in [-0.39, 0.29) is 54.6 Å². The molecule has 0 spiro atoms. The van der Waals surface area contributed by atoms with Gasteiger partial charge in [-0.15, -0.1) is 0 Å². The first-order chi connectivity index (χ1) is 11.4. The van der Waals surface area contributed by atoms with Crippen molar-refractivity contribution in [2.24, 2.45) is 17.8 Å². The summed E-state index contributed by atoms with van der Waals surface area (Å²) in [5.41, 5.74) is 0. The van der Waals surface area contributed by atoms with Gasteiger partial charge in [-0.3, -0.25) is 19.2 Å². The first-order valence-electron chi connectivity index (χ1n) is 8.68. The van der Waals surface area contributed by atoms with Crippen LogP contribution in [0.2, 0.25) is 0 Å². The van der Waals surface area contributed by atoms with E-state index in [2.05, 4.69) is 4.74 Å². The Balaban J connectivity index is 2.50. The summed E-state index contributed by atoms with van der Waals surface area (Å²) >= 11 is 0. The van der Waals surface area contributed by atoms with E-state index in [0.29, 0.717) is 19.3 Å². The topological polar surface area (TPSA) is 97.7 Å². The molecule has 0 amide bonds. The van der Waals surface area contributed by atoms with Crippen LogP contribution in [-0.2, 0) is 23.9 Å². The van der Waals surface area contributed by atoms with Crippen LogP contribution >= 0.6 is 0 Å². The molecule has 24 heavy (non-hydrogen) atoms. The van der Waals surface area contributed by atoms with E-state index in [1.165, 1.54) is 14.0 Å². The van der Waals surface area contributed by atoms with Crippen LogP contribution in [0.3, 0.4) is 0 Å². The average molecular weight is 340 g/mol. The Morgan fingerprint density at radius 3 is 2.33 bits per heavy atom. The molecule has 1 saturated carbocycles. The number of unbranched alkanes of at least 4 members (excludes halogenated alkanes) is 3. The van der Waals surface area contributed by atoms with Gasteiger partial charge in [-0.2, -0.15) is 0 Å². The highest BCUT2D eigenvalue weighted by atomic mass is 16.5. The molecular formula is C18H28O6. The van der Waals surface area contributed by atoms with Crippen molar-refractivity contribution in [3.8, 4) is 0 Å². The molecule has 0 aromatic heterocycles. The quantitative estimate of drug-likeness (QED) is 0.459. The lowest BCUT2D eigenvalue weighted by Gasteiger charge is -2.22. The molecule has 0 aliphatic heterocycles. The number of rotatable bonds is 11. The number of hydrogen-bond acceptors (Lipinski definition) is 5. The van der Waals surface area contributed by atoms with Crippen molar-refractivity contribution in [1.82, 2.24) is 0 Å². The number of carboxylic acids is 1. The molecule has 0 aromatic rings. The number of carbonyl (C=O) groups excluding carboxylic acids is 3. The highest BCUT2D eigenvalue weighted by molar-refractivity contribution is 5.92. The Morgan fingerprint density at radius 1 is 1.08 bits per heavy atom. The molecule has 0 unspecified atom stereocenters. The fourth-order valence-electron chi connectivity index (χ4n) is 3.64. The van der Waals surface area contributed by atoms with Gasteiger partial charge in [0, 0.05) is 31.1 Å². The van der Waals surface area contributed by atoms with Crippen LogP contribution < -0.4 is 0 Å². The van der Waals surface area contributed by atoms with Crippen molar-refractivity contribution in [1.29, 1.82) is 0 Å². The molecule has 1 N–H and O–H groups in total. The van der Waals surface area contributed by atoms with Crippen molar-refractivity contribution in [2.75, 3.05) is 7.11 Å². The lowest BCUT2D eigenvalue weighted by molar-refractivity contribution is -0.141. The molecule has 0 saturated heterocycles. The molecule has 6 nitrogen and oxygen atoms in total. The Labute approximate surface area is 142 Å². The summed E-state index contributed by atoms with van der Waals surface area (Å²) < 4.78 is 4.66. The molecule has 1 fully saturated rings. The largest absolute Gasteiger partial charge is 0.481 e. The lowest BCUT2D eigenvalue weighted by atomic mass is 9.81. The first-order valence-corrected chi connectivity index (χ1v) is 8.68. The molecule has 1 rings (SSSR count). The van der Waals surface area contributed by atoms with Crippen LogP contribution in [0.5, 0.6) is 0 Å². The van der Waals surface area contributed by atoms with E-state index >= 15 is 0 Å². The molecule has 136 valence electrons. The van der Waals surface area contributed by atoms with Crippen LogP contribution in [0, 0.1) is 17.8 Å². The summed E-state index contributed by atoms with van der Waals surface area (Å²) in [7, 11) is 1.33. The Kier molecular flexibility index (Phi) is 8.65. The van der Waals surface area contributed by atoms with Gasteiger partial charge in [-0.1, -0.05) is 19.3 Å². The van der Waals surface area contributed by atoms with E-state index in [1.807, 2.05) is 0 Å². The molecule has 0 aromatic carbocycles. The molecule has 0 heterocycles. The zero-order valence-corrected chi connectivity index (χ0v) is 14.6. The van der Waals surface area contributed by atoms with Gasteiger partial charge < -0.3 is 9.84 Å². The summed E-state index contributed by atoms with van der Waals surface area (Å²) in [4.78, 5) is 45.9. The van der Waals surface area contributed by atoms with Gasteiger partial charge in [-0.05, 0) is 32.1 Å². The van der Waals surface area contributed by atoms with Crippen molar-refractivity contribution in [3.63, 3.8) is 0 Å². The van der Waals surface area contributed by atoms with Gasteiger partial charge in [0.2, 0.25) is 0 Å². The fourth-order valence-corrected chi connectivity index (χ4v) is 3.64. The molecule has 3 atom stereocenters. The van der Waals surface area contributed by atoms with Crippen LogP contribution in [0.25, 0.3) is 0 Å². The van der Waals surface area contributed by atoms with Gasteiger partial charge in [0.1, 0.15) is 11.6 Å². The second-order valence-corrected chi connectivity index (χ2v) is 6.62. The minimum atomic E-state index is -0.784. The zero-order valence-electron chi connectivity index (χ0n) is 14.6. The second-order valence-electron chi connectivity index (χ2n) is 6.62. The van der Waals surface area contributed by atoms with Gasteiger partial charge in [0.05, 0.1) is 7.11 Å². The standard InChI is InChI=1S/C18H28O6/c1-12(19)15-11-16(20)14(13(15)9-10-18(23)24-2)7-5-3-4-6-8-17(21)22/h13-15H,3-11H2,1-2H3,(H,21,22)/t13-,14-,15+/m1/s1. The van der Waals surface area contributed by atoms with Crippen LogP contribution in [-0.4, -0.2) is 35.7 Å². The Bertz CT molecular complexity index is 470. The molecule has 6 heteroatoms. The third-order valence-corrected chi connectivity index (χ3v) is 4.96. The summed E-state index contributed by atoms with van der Waals surface area (Å²) in [5.74, 6) is -1.48. The van der Waals surface area contributed by atoms with E-state index in [0.717, 1.165) is 19.3 Å². The SMILES string of the molecule is COC(=O)CC[C@H]1[C@H](C(C)=O)CC(=O)[C@@H]1CCCCCCC(=O)O. The van der Waals surface area contributed by atoms with Gasteiger partial charge >= 0.3 is 11.9 Å². The predicted molar refractivity (Wildman–Crippen MR) is 87.4 cm³/mol. The summed E-state index contributed by atoms with van der Waals surface area (Å²) in [6, 6.07) is 0. The van der Waals surface area contributed by atoms with Gasteiger partial charge in [0.25, 0.3) is 0 Å². The zero-order chi connectivity index (χ0) is 18.1. The third-order valence-electron chi connectivity index (χ3n) is 4.96. The molecule has 0 radical (unpaired) electrons. The number of carbonyl (C=O) groups is 4. The van der Waals surface area contributed by atoms with Gasteiger partial charge in [-0.25, -0.2) is 0 Å². The average Bonchev–Trinajstić information content (AvgIpc) is 2.84. The molecular weight excluding hydrogens is 312 g/mol. The smallest absolute Gasteiger partial charge is 0.305 e. The molecule has 1 aliphatic rings. The fraction of sp³-hybridized carbons (Fsp3) is 0.778. The minimum Gasteiger partial charge on any atom is -0.481 e. The summed E-state index contributed by atoms with van der Waals surface area (Å²) in [6.45, 7) is 1.51. The number of ether oxygens (including phenoxy) is 1. The summed E-state index contributed by atoms with van der Waals surface area (Å²) in [5, 5.41) is 8.60. The predicted octanol–water partition coefficient (Wildman–Crippen LogP) is 2.78. The number of aliphatic carboxylic acids is 1. The van der Waals surface area contributed by atoms with E-state index < -0.39 is 5.97 Å². The van der Waals surface area contributed by atoms with Crippen LogP contribution in [0.1, 0.15) is 64.7 Å². The number of Topliss-reactive ketones (excluding diaryl/α,β-unsaturated/α-hetero) is 2. The maximum atomic E-state index is 12.3. The monoisotopic (exact) mass is 340 g/mol. The first kappa shape index (κ1) is 20.3. The third kappa shape index (κ3) is 6.42. The number of ketones is 2. The van der Waals surface area contributed by atoms with E-state index in [4.69, 9.17) is 5.11 Å². The van der Waals surface area contributed by atoms with Crippen molar-refractivity contribution >= 4 is 23.5 Å².